The lowest BCUT2D eigenvalue weighted by atomic mass is 10.3. The highest BCUT2D eigenvalue weighted by Crippen LogP contribution is 2.19. The number of urea groups is 1. The molecular weight excluding hydrogens is 325 g/mol. The average molecular weight is 341 g/mol. The zero-order chi connectivity index (χ0) is 17.5. The fraction of sp³-hybridized carbons (Fsp3) is 0.111. The number of hydrogen-bond acceptors (Lipinski definition) is 4. The molecule has 0 radical (unpaired) electrons. The molecule has 0 bridgehead atoms. The van der Waals surface area contributed by atoms with Gasteiger partial charge in [-0.1, -0.05) is 6.07 Å². The molecule has 0 saturated carbocycles. The summed E-state index contributed by atoms with van der Waals surface area (Å²) in [6.07, 6.45) is 3.15. The SMILES string of the molecule is O=C(NCc1ccc(Oc2ccc(F)cc2)nc1)NCc1ccco1. The normalized spacial score (nSPS) is 10.3. The van der Waals surface area contributed by atoms with Crippen molar-refractivity contribution < 1.29 is 18.3 Å². The van der Waals surface area contributed by atoms with Crippen molar-refractivity contribution in [3.63, 3.8) is 0 Å². The molecule has 2 heterocycles. The molecule has 0 spiro atoms. The van der Waals surface area contributed by atoms with Crippen LogP contribution in [0.1, 0.15) is 11.3 Å². The lowest BCUT2D eigenvalue weighted by Crippen LogP contribution is -2.34. The van der Waals surface area contributed by atoms with Gasteiger partial charge in [-0.3, -0.25) is 0 Å². The van der Waals surface area contributed by atoms with Crippen molar-refractivity contribution in [3.8, 4) is 11.6 Å². The van der Waals surface area contributed by atoms with Crippen molar-refractivity contribution in [2.45, 2.75) is 13.1 Å². The van der Waals surface area contributed by atoms with Crippen molar-refractivity contribution in [2.24, 2.45) is 0 Å². The van der Waals surface area contributed by atoms with E-state index in [2.05, 4.69) is 15.6 Å². The standard InChI is InChI=1S/C18H16FN3O3/c19-14-4-6-15(7-5-14)25-17-8-3-13(10-20-17)11-21-18(23)22-12-16-2-1-9-24-16/h1-10H,11-12H2,(H2,21,22,23). The molecule has 0 unspecified atom stereocenters. The maximum Gasteiger partial charge on any atom is 0.315 e. The van der Waals surface area contributed by atoms with Crippen molar-refractivity contribution in [1.82, 2.24) is 15.6 Å². The molecule has 0 aliphatic rings. The van der Waals surface area contributed by atoms with Crippen molar-refractivity contribution in [2.75, 3.05) is 0 Å². The number of furan rings is 1. The van der Waals surface area contributed by atoms with Gasteiger partial charge in [-0.05, 0) is 42.0 Å². The average Bonchev–Trinajstić information content (AvgIpc) is 3.15. The molecule has 1 aromatic carbocycles. The summed E-state index contributed by atoms with van der Waals surface area (Å²) in [7, 11) is 0. The molecule has 2 N–H and O–H groups in total. The number of ether oxygens (including phenoxy) is 1. The number of aromatic nitrogens is 1. The maximum absolute atomic E-state index is 12.8. The third-order valence-corrected chi connectivity index (χ3v) is 3.29. The lowest BCUT2D eigenvalue weighted by Gasteiger charge is -2.08. The van der Waals surface area contributed by atoms with Gasteiger partial charge in [0.2, 0.25) is 5.88 Å². The Bertz CT molecular complexity index is 803. The number of rotatable bonds is 6. The Balaban J connectivity index is 1.45. The molecule has 0 fully saturated rings. The number of halogens is 1. The summed E-state index contributed by atoms with van der Waals surface area (Å²) in [5.41, 5.74) is 0.819. The van der Waals surface area contributed by atoms with Gasteiger partial charge in [-0.2, -0.15) is 0 Å². The number of pyridine rings is 1. The van der Waals surface area contributed by atoms with Gasteiger partial charge in [0.15, 0.2) is 0 Å². The van der Waals surface area contributed by atoms with Crippen LogP contribution in [0.4, 0.5) is 9.18 Å². The highest BCUT2D eigenvalue weighted by molar-refractivity contribution is 5.73. The maximum atomic E-state index is 12.8. The zero-order valence-electron chi connectivity index (χ0n) is 13.2. The summed E-state index contributed by atoms with van der Waals surface area (Å²) in [6.45, 7) is 0.648. The Morgan fingerprint density at radius 2 is 1.88 bits per heavy atom. The number of carbonyl (C=O) groups excluding carboxylic acids is 1. The first-order valence-electron chi connectivity index (χ1n) is 7.61. The van der Waals surface area contributed by atoms with E-state index in [-0.39, 0.29) is 11.8 Å². The number of hydrogen-bond donors (Lipinski definition) is 2. The molecule has 2 amide bonds. The third kappa shape index (κ3) is 5.07. The largest absolute Gasteiger partial charge is 0.467 e. The molecular formula is C18H16FN3O3. The van der Waals surface area contributed by atoms with E-state index in [1.807, 2.05) is 0 Å². The number of benzene rings is 1. The number of carbonyl (C=O) groups is 1. The van der Waals surface area contributed by atoms with Gasteiger partial charge in [-0.25, -0.2) is 14.2 Å². The molecule has 3 aromatic rings. The molecule has 128 valence electrons. The van der Waals surface area contributed by atoms with E-state index in [1.165, 1.54) is 24.3 Å². The molecule has 25 heavy (non-hydrogen) atoms. The van der Waals surface area contributed by atoms with Crippen LogP contribution in [-0.4, -0.2) is 11.0 Å². The Morgan fingerprint density at radius 3 is 2.56 bits per heavy atom. The fourth-order valence-electron chi connectivity index (χ4n) is 2.02. The van der Waals surface area contributed by atoms with Crippen LogP contribution in [0.5, 0.6) is 11.6 Å². The van der Waals surface area contributed by atoms with Crippen LogP contribution in [0.2, 0.25) is 0 Å². The molecule has 0 atom stereocenters. The monoisotopic (exact) mass is 341 g/mol. The van der Waals surface area contributed by atoms with Crippen molar-refractivity contribution in [1.29, 1.82) is 0 Å². The van der Waals surface area contributed by atoms with Crippen LogP contribution in [0.15, 0.2) is 65.4 Å². The van der Waals surface area contributed by atoms with E-state index >= 15 is 0 Å². The molecule has 0 saturated heterocycles. The van der Waals surface area contributed by atoms with Gasteiger partial charge in [0.25, 0.3) is 0 Å². The molecule has 2 aromatic heterocycles. The molecule has 6 nitrogen and oxygen atoms in total. The van der Waals surface area contributed by atoms with E-state index in [0.717, 1.165) is 5.56 Å². The van der Waals surface area contributed by atoms with Gasteiger partial charge in [0, 0.05) is 18.8 Å². The second kappa shape index (κ2) is 7.96. The Morgan fingerprint density at radius 1 is 1.08 bits per heavy atom. The van der Waals surface area contributed by atoms with Crippen LogP contribution in [0.3, 0.4) is 0 Å². The van der Waals surface area contributed by atoms with Crippen LogP contribution in [0, 0.1) is 5.82 Å². The first-order chi connectivity index (χ1) is 12.2. The highest BCUT2D eigenvalue weighted by atomic mass is 19.1. The Hall–Kier alpha value is -3.35. The topological polar surface area (TPSA) is 76.4 Å². The summed E-state index contributed by atoms with van der Waals surface area (Å²) in [6, 6.07) is 12.4. The number of nitrogens with one attached hydrogen (secondary N) is 2. The lowest BCUT2D eigenvalue weighted by molar-refractivity contribution is 0.239. The smallest absolute Gasteiger partial charge is 0.315 e. The van der Waals surface area contributed by atoms with E-state index in [1.54, 1.807) is 36.7 Å². The highest BCUT2D eigenvalue weighted by Gasteiger charge is 2.04. The second-order valence-corrected chi connectivity index (χ2v) is 5.18. The first-order valence-corrected chi connectivity index (χ1v) is 7.61. The summed E-state index contributed by atoms with van der Waals surface area (Å²) in [5.74, 6) is 1.24. The summed E-state index contributed by atoms with van der Waals surface area (Å²) >= 11 is 0. The second-order valence-electron chi connectivity index (χ2n) is 5.18. The predicted molar refractivity (Wildman–Crippen MR) is 88.5 cm³/mol. The Kier molecular flexibility index (Phi) is 5.26. The van der Waals surface area contributed by atoms with Gasteiger partial charge < -0.3 is 19.8 Å². The quantitative estimate of drug-likeness (QED) is 0.718. The summed E-state index contributed by atoms with van der Waals surface area (Å²) in [4.78, 5) is 15.9. The van der Waals surface area contributed by atoms with E-state index in [9.17, 15) is 9.18 Å². The molecule has 3 rings (SSSR count). The van der Waals surface area contributed by atoms with Gasteiger partial charge in [0.05, 0.1) is 12.8 Å². The summed E-state index contributed by atoms with van der Waals surface area (Å²) in [5, 5.41) is 5.41. The van der Waals surface area contributed by atoms with Gasteiger partial charge in [0.1, 0.15) is 17.3 Å². The predicted octanol–water partition coefficient (Wildman–Crippen LogP) is 3.61. The van der Waals surface area contributed by atoms with Crippen LogP contribution in [-0.2, 0) is 13.1 Å². The molecule has 0 aliphatic heterocycles. The molecule has 0 aliphatic carbocycles. The van der Waals surface area contributed by atoms with Crippen LogP contribution < -0.4 is 15.4 Å². The first kappa shape index (κ1) is 16.5. The fourth-order valence-corrected chi connectivity index (χ4v) is 2.02. The Labute approximate surface area is 143 Å². The van der Waals surface area contributed by atoms with E-state index in [4.69, 9.17) is 9.15 Å². The number of amides is 2. The zero-order valence-corrected chi connectivity index (χ0v) is 13.2. The number of nitrogens with zero attached hydrogens (tertiary/aromatic N) is 1. The molecule has 7 heteroatoms. The van der Waals surface area contributed by atoms with Crippen LogP contribution >= 0.6 is 0 Å². The van der Waals surface area contributed by atoms with Gasteiger partial charge in [-0.15, -0.1) is 0 Å². The van der Waals surface area contributed by atoms with Crippen LogP contribution in [0.25, 0.3) is 0 Å². The minimum Gasteiger partial charge on any atom is -0.467 e. The van der Waals surface area contributed by atoms with E-state index in [0.29, 0.717) is 30.5 Å². The minimum absolute atomic E-state index is 0.303. The summed E-state index contributed by atoms with van der Waals surface area (Å²) < 4.78 is 23.5. The van der Waals surface area contributed by atoms with Crippen molar-refractivity contribution in [3.05, 3.63) is 78.1 Å². The minimum atomic E-state index is -0.327. The van der Waals surface area contributed by atoms with Crippen molar-refractivity contribution >= 4 is 6.03 Å². The van der Waals surface area contributed by atoms with E-state index < -0.39 is 0 Å². The third-order valence-electron chi connectivity index (χ3n) is 3.29. The van der Waals surface area contributed by atoms with Gasteiger partial charge >= 0.3 is 6.03 Å².